The monoisotopic (exact) mass is 340 g/mol. The van der Waals surface area contributed by atoms with Gasteiger partial charge in [0.15, 0.2) is 5.16 Å². The van der Waals surface area contributed by atoms with Gasteiger partial charge in [-0.2, -0.15) is 0 Å². The number of hydrogen-bond acceptors (Lipinski definition) is 4. The van der Waals surface area contributed by atoms with Crippen LogP contribution in [0.3, 0.4) is 0 Å². The van der Waals surface area contributed by atoms with E-state index in [4.69, 9.17) is 0 Å². The average molecular weight is 341 g/mol. The summed E-state index contributed by atoms with van der Waals surface area (Å²) < 4.78 is 2.76. The number of carbonyl (C=O) groups excluding carboxylic acids is 1. The molecule has 1 aromatic heterocycles. The van der Waals surface area contributed by atoms with Crippen molar-refractivity contribution < 1.29 is 4.79 Å². The van der Waals surface area contributed by atoms with Gasteiger partial charge in [-0.1, -0.05) is 33.8 Å². The topological polar surface area (TPSA) is 59.8 Å². The third-order valence-electron chi connectivity index (χ3n) is 2.46. The number of nitrogens with zero attached hydrogens (tertiary/aromatic N) is 3. The minimum Gasteiger partial charge on any atom is -0.325 e. The standard InChI is InChI=1S/C12H13BrN4OS/c1-8-3-4-9(5-10(8)13)15-11(18)6-19-12-16-14-7-17(12)2/h3-5,7H,6H2,1-2H3,(H,15,18). The number of hydrogen-bond donors (Lipinski definition) is 1. The van der Waals surface area contributed by atoms with Crippen LogP contribution in [-0.2, 0) is 11.8 Å². The summed E-state index contributed by atoms with van der Waals surface area (Å²) in [5, 5.41) is 11.2. The number of nitrogens with one attached hydrogen (secondary N) is 1. The number of rotatable bonds is 4. The molecule has 0 aliphatic heterocycles. The number of amides is 1. The van der Waals surface area contributed by atoms with Crippen molar-refractivity contribution in [2.75, 3.05) is 11.1 Å². The van der Waals surface area contributed by atoms with Crippen LogP contribution in [-0.4, -0.2) is 26.4 Å². The number of aryl methyl sites for hydroxylation is 2. The number of benzene rings is 1. The molecule has 0 radical (unpaired) electrons. The lowest BCUT2D eigenvalue weighted by Gasteiger charge is -2.06. The fraction of sp³-hybridized carbons (Fsp3) is 0.250. The summed E-state index contributed by atoms with van der Waals surface area (Å²) in [6, 6.07) is 5.72. The quantitative estimate of drug-likeness (QED) is 0.869. The Balaban J connectivity index is 1.91. The number of thioether (sulfide) groups is 1. The van der Waals surface area contributed by atoms with E-state index in [-0.39, 0.29) is 5.91 Å². The van der Waals surface area contributed by atoms with Gasteiger partial charge in [-0.15, -0.1) is 10.2 Å². The fourth-order valence-electron chi connectivity index (χ4n) is 1.40. The normalized spacial score (nSPS) is 10.5. The number of carbonyl (C=O) groups is 1. The minimum atomic E-state index is -0.0660. The molecule has 0 spiro atoms. The van der Waals surface area contributed by atoms with Crippen molar-refractivity contribution in [1.82, 2.24) is 14.8 Å². The lowest BCUT2D eigenvalue weighted by atomic mass is 10.2. The molecule has 1 aromatic carbocycles. The zero-order valence-corrected chi connectivity index (χ0v) is 13.0. The van der Waals surface area contributed by atoms with Gasteiger partial charge in [-0.3, -0.25) is 4.79 Å². The molecule has 1 heterocycles. The first kappa shape index (κ1) is 14.1. The Labute approximate surface area is 123 Å². The van der Waals surface area contributed by atoms with Gasteiger partial charge in [0.2, 0.25) is 5.91 Å². The Morgan fingerprint density at radius 2 is 2.32 bits per heavy atom. The summed E-state index contributed by atoms with van der Waals surface area (Å²) in [5.41, 5.74) is 1.91. The minimum absolute atomic E-state index is 0.0660. The maximum absolute atomic E-state index is 11.8. The Kier molecular flexibility index (Phi) is 4.60. The Hall–Kier alpha value is -1.34. The van der Waals surface area contributed by atoms with E-state index in [2.05, 4.69) is 31.4 Å². The largest absolute Gasteiger partial charge is 0.325 e. The molecule has 19 heavy (non-hydrogen) atoms. The molecule has 0 saturated heterocycles. The molecule has 0 saturated carbocycles. The molecular weight excluding hydrogens is 328 g/mol. The molecule has 0 aliphatic carbocycles. The lowest BCUT2D eigenvalue weighted by molar-refractivity contribution is -0.113. The van der Waals surface area contributed by atoms with Crippen LogP contribution in [0.2, 0.25) is 0 Å². The first-order valence-electron chi connectivity index (χ1n) is 5.59. The van der Waals surface area contributed by atoms with Gasteiger partial charge in [0.05, 0.1) is 5.75 Å². The highest BCUT2D eigenvalue weighted by Crippen LogP contribution is 2.21. The summed E-state index contributed by atoms with van der Waals surface area (Å²) in [7, 11) is 1.84. The molecular formula is C12H13BrN4OS. The number of halogens is 1. The Bertz CT molecular complexity index is 599. The van der Waals surface area contributed by atoms with Crippen LogP contribution in [0.15, 0.2) is 34.2 Å². The second-order valence-electron chi connectivity index (χ2n) is 4.03. The van der Waals surface area contributed by atoms with Gasteiger partial charge >= 0.3 is 0 Å². The van der Waals surface area contributed by atoms with Gasteiger partial charge in [-0.25, -0.2) is 0 Å². The van der Waals surface area contributed by atoms with Crippen LogP contribution in [0.1, 0.15) is 5.56 Å². The number of aromatic nitrogens is 3. The molecule has 0 atom stereocenters. The maximum atomic E-state index is 11.8. The van der Waals surface area contributed by atoms with Crippen LogP contribution < -0.4 is 5.32 Å². The summed E-state index contributed by atoms with van der Waals surface area (Å²) >= 11 is 4.79. The van der Waals surface area contributed by atoms with Gasteiger partial charge in [0.25, 0.3) is 0 Å². The first-order chi connectivity index (χ1) is 9.06. The lowest BCUT2D eigenvalue weighted by Crippen LogP contribution is -2.14. The van der Waals surface area contributed by atoms with Crippen LogP contribution >= 0.6 is 27.7 Å². The Morgan fingerprint density at radius 1 is 1.53 bits per heavy atom. The molecule has 1 amide bonds. The third-order valence-corrected chi connectivity index (χ3v) is 4.35. The van der Waals surface area contributed by atoms with Crippen molar-refractivity contribution in [1.29, 1.82) is 0 Å². The van der Waals surface area contributed by atoms with Crippen molar-refractivity contribution in [3.8, 4) is 0 Å². The molecule has 1 N–H and O–H groups in total. The van der Waals surface area contributed by atoms with E-state index in [0.29, 0.717) is 5.75 Å². The van der Waals surface area contributed by atoms with E-state index in [9.17, 15) is 4.79 Å². The predicted octanol–water partition coefficient (Wildman–Crippen LogP) is 2.62. The fourth-order valence-corrected chi connectivity index (χ4v) is 2.47. The molecule has 0 bridgehead atoms. The van der Waals surface area contributed by atoms with E-state index in [1.807, 2.05) is 32.2 Å². The highest BCUT2D eigenvalue weighted by atomic mass is 79.9. The Morgan fingerprint density at radius 3 is 2.95 bits per heavy atom. The smallest absolute Gasteiger partial charge is 0.234 e. The molecule has 5 nitrogen and oxygen atoms in total. The molecule has 2 aromatic rings. The van der Waals surface area contributed by atoms with Gasteiger partial charge in [0, 0.05) is 17.2 Å². The van der Waals surface area contributed by atoms with Crippen molar-refractivity contribution in [2.24, 2.45) is 7.05 Å². The highest BCUT2D eigenvalue weighted by Gasteiger charge is 2.07. The highest BCUT2D eigenvalue weighted by molar-refractivity contribution is 9.10. The van der Waals surface area contributed by atoms with Crippen molar-refractivity contribution >= 4 is 39.3 Å². The third kappa shape index (κ3) is 3.81. The maximum Gasteiger partial charge on any atom is 0.234 e. The molecule has 0 aliphatic rings. The molecule has 2 rings (SSSR count). The molecule has 0 unspecified atom stereocenters. The van der Waals surface area contributed by atoms with Crippen LogP contribution in [0.5, 0.6) is 0 Å². The van der Waals surface area contributed by atoms with E-state index in [1.54, 1.807) is 10.9 Å². The van der Waals surface area contributed by atoms with Gasteiger partial charge < -0.3 is 9.88 Å². The second kappa shape index (κ2) is 6.21. The van der Waals surface area contributed by atoms with Crippen molar-refractivity contribution in [3.63, 3.8) is 0 Å². The first-order valence-corrected chi connectivity index (χ1v) is 7.37. The second-order valence-corrected chi connectivity index (χ2v) is 5.82. The molecule has 100 valence electrons. The van der Waals surface area contributed by atoms with Crippen molar-refractivity contribution in [3.05, 3.63) is 34.6 Å². The van der Waals surface area contributed by atoms with Gasteiger partial charge in [-0.05, 0) is 24.6 Å². The van der Waals surface area contributed by atoms with Crippen molar-refractivity contribution in [2.45, 2.75) is 12.1 Å². The average Bonchev–Trinajstić information content (AvgIpc) is 2.77. The summed E-state index contributed by atoms with van der Waals surface area (Å²) in [4.78, 5) is 11.8. The van der Waals surface area contributed by atoms with E-state index in [1.165, 1.54) is 11.8 Å². The molecule has 7 heteroatoms. The zero-order chi connectivity index (χ0) is 13.8. The van der Waals surface area contributed by atoms with Crippen LogP contribution in [0, 0.1) is 6.92 Å². The zero-order valence-electron chi connectivity index (χ0n) is 10.6. The van der Waals surface area contributed by atoms with E-state index < -0.39 is 0 Å². The van der Waals surface area contributed by atoms with Crippen LogP contribution in [0.4, 0.5) is 5.69 Å². The van der Waals surface area contributed by atoms with Crippen LogP contribution in [0.25, 0.3) is 0 Å². The summed E-state index contributed by atoms with van der Waals surface area (Å²) in [6.07, 6.45) is 1.61. The SMILES string of the molecule is Cc1ccc(NC(=O)CSc2nncn2C)cc1Br. The van der Waals surface area contributed by atoms with Gasteiger partial charge in [0.1, 0.15) is 6.33 Å². The van der Waals surface area contributed by atoms with E-state index >= 15 is 0 Å². The van der Waals surface area contributed by atoms with E-state index in [0.717, 1.165) is 20.9 Å². The predicted molar refractivity (Wildman–Crippen MR) is 79.2 cm³/mol. The number of anilines is 1. The summed E-state index contributed by atoms with van der Waals surface area (Å²) in [5.74, 6) is 0.238. The molecule has 0 fully saturated rings. The summed E-state index contributed by atoms with van der Waals surface area (Å²) in [6.45, 7) is 2.00.